The maximum absolute atomic E-state index is 13.0. The summed E-state index contributed by atoms with van der Waals surface area (Å²) in [4.78, 5) is 12.2. The largest absolute Gasteiger partial charge is 0.442 e. The van der Waals surface area contributed by atoms with Crippen molar-refractivity contribution < 1.29 is 31.1 Å². The fraction of sp³-hybridized carbons (Fsp3) is 0.632. The van der Waals surface area contributed by atoms with Crippen molar-refractivity contribution in [1.82, 2.24) is 4.72 Å². The number of carbonyl (C=O) groups excluding carboxylic acids is 1. The molecule has 4 rings (SSSR count). The van der Waals surface area contributed by atoms with Crippen molar-refractivity contribution in [2.45, 2.75) is 68.5 Å². The molecule has 3 aliphatic rings. The van der Waals surface area contributed by atoms with Crippen LogP contribution in [0.2, 0.25) is 0 Å². The molecule has 0 aromatic heterocycles. The third-order valence-electron chi connectivity index (χ3n) is 5.79. The average Bonchev–Trinajstić information content (AvgIpc) is 3.45. The lowest BCUT2D eigenvalue weighted by Gasteiger charge is -2.40. The van der Waals surface area contributed by atoms with Crippen molar-refractivity contribution in [1.29, 1.82) is 0 Å². The predicted octanol–water partition coefficient (Wildman–Crippen LogP) is 3.66. The molecule has 2 fully saturated rings. The van der Waals surface area contributed by atoms with Gasteiger partial charge in [-0.15, -0.1) is 10.2 Å². The molecule has 0 radical (unpaired) electrons. The standard InChI is InChI=1S/C19H22F3N3O4S/c1-16(2,3)29-12-8-17(9-12)10-14(17)15(26)23-30(27,28)13-6-4-11(5-7-13)18(24-25-18)19(20,21)22/h4-7,12,14H,8-10H2,1-3H3,(H,23,26). The van der Waals surface area contributed by atoms with Crippen molar-refractivity contribution in [3.8, 4) is 0 Å². The number of sulfonamides is 1. The molecule has 1 aromatic rings. The van der Waals surface area contributed by atoms with Gasteiger partial charge in [-0.2, -0.15) is 13.2 Å². The summed E-state index contributed by atoms with van der Waals surface area (Å²) in [5.41, 5.74) is -3.37. The molecule has 1 amide bonds. The van der Waals surface area contributed by atoms with Gasteiger partial charge in [-0.05, 0) is 57.6 Å². The van der Waals surface area contributed by atoms with E-state index in [0.717, 1.165) is 24.3 Å². The van der Waals surface area contributed by atoms with Crippen LogP contribution in [0, 0.1) is 11.3 Å². The van der Waals surface area contributed by atoms with Crippen LogP contribution in [-0.2, 0) is 25.2 Å². The molecular weight excluding hydrogens is 423 g/mol. The Morgan fingerprint density at radius 2 is 1.67 bits per heavy atom. The monoisotopic (exact) mass is 445 g/mol. The Kier molecular flexibility index (Phi) is 4.43. The Morgan fingerprint density at radius 3 is 2.13 bits per heavy atom. The summed E-state index contributed by atoms with van der Waals surface area (Å²) in [6.07, 6.45) is -2.60. The molecule has 2 aliphatic carbocycles. The first-order valence-electron chi connectivity index (χ1n) is 9.53. The van der Waals surface area contributed by atoms with Gasteiger partial charge in [-0.1, -0.05) is 12.1 Å². The number of alkyl halides is 3. The molecule has 1 N–H and O–H groups in total. The molecule has 1 unspecified atom stereocenters. The number of carbonyl (C=O) groups is 1. The third-order valence-corrected chi connectivity index (χ3v) is 7.15. The highest BCUT2D eigenvalue weighted by Gasteiger charge is 2.66. The number of amides is 1. The van der Waals surface area contributed by atoms with Crippen LogP contribution >= 0.6 is 0 Å². The second-order valence-corrected chi connectivity index (χ2v) is 10.9. The highest BCUT2D eigenvalue weighted by Crippen LogP contribution is 2.66. The van der Waals surface area contributed by atoms with E-state index >= 15 is 0 Å². The molecule has 30 heavy (non-hydrogen) atoms. The Bertz CT molecular complexity index is 1000. The topological polar surface area (TPSA) is 97.2 Å². The van der Waals surface area contributed by atoms with Crippen LogP contribution in [0.15, 0.2) is 39.4 Å². The van der Waals surface area contributed by atoms with Crippen molar-refractivity contribution >= 4 is 15.9 Å². The van der Waals surface area contributed by atoms with E-state index in [-0.39, 0.29) is 27.6 Å². The molecule has 1 heterocycles. The molecule has 0 bridgehead atoms. The highest BCUT2D eigenvalue weighted by atomic mass is 32.2. The fourth-order valence-electron chi connectivity index (χ4n) is 4.17. The quantitative estimate of drug-likeness (QED) is 0.748. The van der Waals surface area contributed by atoms with Crippen LogP contribution in [0.1, 0.15) is 45.6 Å². The molecule has 164 valence electrons. The number of benzene rings is 1. The van der Waals surface area contributed by atoms with Crippen LogP contribution in [0.5, 0.6) is 0 Å². The molecule has 1 aliphatic heterocycles. The van der Waals surface area contributed by atoms with Gasteiger partial charge in [0.15, 0.2) is 0 Å². The lowest BCUT2D eigenvalue weighted by molar-refractivity contribution is -0.166. The predicted molar refractivity (Wildman–Crippen MR) is 98.8 cm³/mol. The molecule has 11 heteroatoms. The van der Waals surface area contributed by atoms with E-state index in [2.05, 4.69) is 10.2 Å². The number of rotatable bonds is 5. The maximum atomic E-state index is 13.0. The normalized spacial score (nSPS) is 29.4. The van der Waals surface area contributed by atoms with Gasteiger partial charge < -0.3 is 4.74 Å². The molecule has 1 atom stereocenters. The van der Waals surface area contributed by atoms with E-state index < -0.39 is 33.7 Å². The van der Waals surface area contributed by atoms with Gasteiger partial charge in [0.2, 0.25) is 5.91 Å². The minimum absolute atomic E-state index is 0.0613. The van der Waals surface area contributed by atoms with Gasteiger partial charge in [0.05, 0.1) is 16.6 Å². The van der Waals surface area contributed by atoms with E-state index in [1.807, 2.05) is 25.5 Å². The second kappa shape index (κ2) is 6.25. The van der Waals surface area contributed by atoms with Gasteiger partial charge in [-0.25, -0.2) is 13.1 Å². The van der Waals surface area contributed by atoms with E-state index in [0.29, 0.717) is 19.3 Å². The van der Waals surface area contributed by atoms with Crippen molar-refractivity contribution in [3.05, 3.63) is 29.8 Å². The SMILES string of the molecule is CC(C)(C)OC1CC2(C1)CC2C(=O)NS(=O)(=O)c1ccc(C2(C(F)(F)F)N=N2)cc1. The Hall–Kier alpha value is -2.01. The summed E-state index contributed by atoms with van der Waals surface area (Å²) in [5, 5.41) is 6.16. The lowest BCUT2D eigenvalue weighted by atomic mass is 9.76. The summed E-state index contributed by atoms with van der Waals surface area (Å²) in [6.45, 7) is 5.86. The summed E-state index contributed by atoms with van der Waals surface area (Å²) in [7, 11) is -4.19. The average molecular weight is 445 g/mol. The van der Waals surface area contributed by atoms with Crippen LogP contribution < -0.4 is 4.72 Å². The van der Waals surface area contributed by atoms with E-state index in [1.165, 1.54) is 0 Å². The molecule has 0 saturated heterocycles. The van der Waals surface area contributed by atoms with Crippen LogP contribution in [-0.4, -0.2) is 32.2 Å². The fourth-order valence-corrected chi connectivity index (χ4v) is 5.19. The highest BCUT2D eigenvalue weighted by molar-refractivity contribution is 7.90. The van der Waals surface area contributed by atoms with E-state index in [4.69, 9.17) is 4.74 Å². The second-order valence-electron chi connectivity index (χ2n) is 9.24. The first kappa shape index (κ1) is 21.2. The molecule has 1 spiro atoms. The van der Waals surface area contributed by atoms with Gasteiger partial charge in [0.25, 0.3) is 10.0 Å². The zero-order valence-corrected chi connectivity index (χ0v) is 17.5. The minimum Gasteiger partial charge on any atom is -0.373 e. The van der Waals surface area contributed by atoms with Gasteiger partial charge in [0, 0.05) is 11.5 Å². The lowest BCUT2D eigenvalue weighted by Crippen LogP contribution is -2.42. The zero-order valence-electron chi connectivity index (χ0n) is 16.7. The van der Waals surface area contributed by atoms with Gasteiger partial charge >= 0.3 is 11.8 Å². The first-order valence-corrected chi connectivity index (χ1v) is 11.0. The molecular formula is C19H22F3N3O4S. The number of hydrogen-bond acceptors (Lipinski definition) is 6. The number of ether oxygens (including phenoxy) is 1. The van der Waals surface area contributed by atoms with Gasteiger partial charge in [0.1, 0.15) is 0 Å². The molecule has 2 saturated carbocycles. The number of nitrogens with one attached hydrogen (secondary N) is 1. The summed E-state index contributed by atoms with van der Waals surface area (Å²) in [6, 6.07) is 4.04. The zero-order chi connectivity index (χ0) is 22.2. The summed E-state index contributed by atoms with van der Waals surface area (Å²) >= 11 is 0. The molecule has 1 aromatic carbocycles. The number of hydrogen-bond donors (Lipinski definition) is 1. The smallest absolute Gasteiger partial charge is 0.373 e. The van der Waals surface area contributed by atoms with Crippen molar-refractivity contribution in [2.75, 3.05) is 0 Å². The maximum Gasteiger partial charge on any atom is 0.442 e. The third kappa shape index (κ3) is 3.62. The van der Waals surface area contributed by atoms with Crippen LogP contribution in [0.3, 0.4) is 0 Å². The minimum atomic E-state index is -4.70. The Labute approximate surface area is 172 Å². The van der Waals surface area contributed by atoms with Crippen LogP contribution in [0.25, 0.3) is 0 Å². The van der Waals surface area contributed by atoms with Gasteiger partial charge in [-0.3, -0.25) is 4.79 Å². The summed E-state index contributed by atoms with van der Waals surface area (Å²) < 4.78 is 72.0. The molecule has 7 nitrogen and oxygen atoms in total. The van der Waals surface area contributed by atoms with E-state index in [9.17, 15) is 26.4 Å². The first-order chi connectivity index (χ1) is 13.7. The Balaban J connectivity index is 1.37. The number of nitrogens with zero attached hydrogens (tertiary/aromatic N) is 2. The van der Waals surface area contributed by atoms with E-state index in [1.54, 1.807) is 0 Å². The van der Waals surface area contributed by atoms with Crippen molar-refractivity contribution in [3.63, 3.8) is 0 Å². The number of halogens is 3. The van der Waals surface area contributed by atoms with Crippen molar-refractivity contribution in [2.24, 2.45) is 21.6 Å². The summed E-state index contributed by atoms with van der Waals surface area (Å²) in [5.74, 6) is -0.990. The Morgan fingerprint density at radius 1 is 1.10 bits per heavy atom. The van der Waals surface area contributed by atoms with Crippen LogP contribution in [0.4, 0.5) is 13.2 Å².